The van der Waals surface area contributed by atoms with Crippen LogP contribution in [0, 0.1) is 0 Å². The second kappa shape index (κ2) is 10.9. The Morgan fingerprint density at radius 2 is 1.55 bits per heavy atom. The van der Waals surface area contributed by atoms with Crippen LogP contribution in [0.3, 0.4) is 0 Å². The highest BCUT2D eigenvalue weighted by atomic mass is 32.2. The fourth-order valence-corrected chi connectivity index (χ4v) is 4.53. The predicted octanol–water partition coefficient (Wildman–Crippen LogP) is 4.08. The van der Waals surface area contributed by atoms with E-state index in [0.29, 0.717) is 12.1 Å². The van der Waals surface area contributed by atoms with Gasteiger partial charge in [0, 0.05) is 12.5 Å². The van der Waals surface area contributed by atoms with Gasteiger partial charge in [0.05, 0.1) is 23.3 Å². The van der Waals surface area contributed by atoms with Gasteiger partial charge in [-0.1, -0.05) is 54.6 Å². The molecule has 0 aliphatic heterocycles. The van der Waals surface area contributed by atoms with E-state index in [2.05, 4.69) is 10.0 Å². The van der Waals surface area contributed by atoms with Gasteiger partial charge >= 0.3 is 5.97 Å². The molecule has 3 aromatic rings. The summed E-state index contributed by atoms with van der Waals surface area (Å²) in [7, 11) is -2.40. The molecule has 0 aliphatic rings. The fraction of sp³-hybridized carbons (Fsp3) is 0.200. The molecule has 0 heterocycles. The molecular formula is C25H26N2O5S. The van der Waals surface area contributed by atoms with Gasteiger partial charge < -0.3 is 10.1 Å². The number of sulfonamides is 1. The van der Waals surface area contributed by atoms with Gasteiger partial charge in [-0.05, 0) is 48.7 Å². The Morgan fingerprint density at radius 1 is 0.909 bits per heavy atom. The number of esters is 1. The van der Waals surface area contributed by atoms with Gasteiger partial charge in [0.2, 0.25) is 15.9 Å². The molecule has 8 heteroatoms. The second-order valence-electron chi connectivity index (χ2n) is 7.48. The van der Waals surface area contributed by atoms with Crippen molar-refractivity contribution in [3.63, 3.8) is 0 Å². The van der Waals surface area contributed by atoms with Crippen LogP contribution < -0.4 is 10.0 Å². The third-order valence-corrected chi connectivity index (χ3v) is 6.67. The molecule has 0 unspecified atom stereocenters. The number of nitrogens with one attached hydrogen (secondary N) is 2. The summed E-state index contributed by atoms with van der Waals surface area (Å²) in [5, 5.41) is 2.72. The summed E-state index contributed by atoms with van der Waals surface area (Å²) < 4.78 is 32.8. The maximum absolute atomic E-state index is 12.7. The van der Waals surface area contributed by atoms with Gasteiger partial charge in [-0.2, -0.15) is 0 Å². The van der Waals surface area contributed by atoms with Crippen molar-refractivity contribution < 1.29 is 22.7 Å². The molecular weight excluding hydrogens is 440 g/mol. The average molecular weight is 467 g/mol. The third kappa shape index (κ3) is 6.50. The molecule has 2 N–H and O–H groups in total. The Hall–Kier alpha value is -3.49. The second-order valence-corrected chi connectivity index (χ2v) is 9.20. The molecule has 0 aromatic heterocycles. The summed E-state index contributed by atoms with van der Waals surface area (Å²) in [6.07, 6.45) is 0.589. The smallest absolute Gasteiger partial charge is 0.339 e. The number of carbonyl (C=O) groups is 2. The highest BCUT2D eigenvalue weighted by Gasteiger charge is 2.18. The first-order valence-corrected chi connectivity index (χ1v) is 11.9. The number of hydrogen-bond donors (Lipinski definition) is 2. The van der Waals surface area contributed by atoms with Crippen molar-refractivity contribution in [1.82, 2.24) is 4.72 Å². The number of benzene rings is 3. The first-order chi connectivity index (χ1) is 15.8. The summed E-state index contributed by atoms with van der Waals surface area (Å²) in [5.41, 5.74) is 2.36. The van der Waals surface area contributed by atoms with E-state index in [-0.39, 0.29) is 28.8 Å². The van der Waals surface area contributed by atoms with Crippen LogP contribution >= 0.6 is 0 Å². The van der Waals surface area contributed by atoms with Crippen molar-refractivity contribution in [2.75, 3.05) is 12.4 Å². The summed E-state index contributed by atoms with van der Waals surface area (Å²) in [5.74, 6) is -0.792. The van der Waals surface area contributed by atoms with E-state index in [1.165, 1.54) is 19.2 Å². The molecule has 0 bridgehead atoms. The van der Waals surface area contributed by atoms with Crippen LogP contribution in [-0.4, -0.2) is 27.4 Å². The van der Waals surface area contributed by atoms with Gasteiger partial charge in [-0.25, -0.2) is 17.9 Å². The summed E-state index contributed by atoms with van der Waals surface area (Å²) in [4.78, 5) is 24.3. The maximum atomic E-state index is 12.7. The van der Waals surface area contributed by atoms with E-state index >= 15 is 0 Å². The number of rotatable bonds is 9. The number of amides is 1. The minimum atomic E-state index is -3.68. The first-order valence-electron chi connectivity index (χ1n) is 10.4. The van der Waals surface area contributed by atoms with Crippen molar-refractivity contribution in [1.29, 1.82) is 0 Å². The van der Waals surface area contributed by atoms with E-state index in [1.807, 2.05) is 30.3 Å². The molecule has 3 rings (SSSR count). The standard InChI is InChI=1S/C25H26N2O5S/c1-18(20-8-4-3-5-9-20)27-33(30,31)21-15-12-19(13-16-21)14-17-24(28)26-23-11-7-6-10-22(23)25(29)32-2/h3-13,15-16,18,27H,14,17H2,1-2H3,(H,26,28)/t18-/m1/s1. The highest BCUT2D eigenvalue weighted by Crippen LogP contribution is 2.19. The number of aryl methyl sites for hydroxylation is 1. The quantitative estimate of drug-likeness (QED) is 0.463. The Morgan fingerprint density at radius 3 is 2.21 bits per heavy atom. The van der Waals surface area contributed by atoms with E-state index < -0.39 is 16.0 Å². The van der Waals surface area contributed by atoms with Gasteiger partial charge in [-0.15, -0.1) is 0 Å². The van der Waals surface area contributed by atoms with Crippen molar-refractivity contribution in [3.8, 4) is 0 Å². The van der Waals surface area contributed by atoms with Crippen molar-refractivity contribution in [2.24, 2.45) is 0 Å². The number of carbonyl (C=O) groups excluding carboxylic acids is 2. The molecule has 0 radical (unpaired) electrons. The monoisotopic (exact) mass is 466 g/mol. The zero-order chi connectivity index (χ0) is 23.8. The average Bonchev–Trinajstić information content (AvgIpc) is 2.83. The topological polar surface area (TPSA) is 102 Å². The van der Waals surface area contributed by atoms with Gasteiger partial charge in [0.1, 0.15) is 0 Å². The molecule has 33 heavy (non-hydrogen) atoms. The molecule has 0 aliphatic carbocycles. The number of anilines is 1. The van der Waals surface area contributed by atoms with Crippen LogP contribution in [0.25, 0.3) is 0 Å². The lowest BCUT2D eigenvalue weighted by Gasteiger charge is -2.15. The summed E-state index contributed by atoms with van der Waals surface area (Å²) in [6.45, 7) is 1.79. The lowest BCUT2D eigenvalue weighted by Crippen LogP contribution is -2.26. The predicted molar refractivity (Wildman–Crippen MR) is 126 cm³/mol. The minimum Gasteiger partial charge on any atom is -0.465 e. The lowest BCUT2D eigenvalue weighted by atomic mass is 10.1. The van der Waals surface area contributed by atoms with Gasteiger partial charge in [0.15, 0.2) is 0 Å². The third-order valence-electron chi connectivity index (χ3n) is 5.11. The fourth-order valence-electron chi connectivity index (χ4n) is 3.30. The summed E-state index contributed by atoms with van der Waals surface area (Å²) >= 11 is 0. The molecule has 0 saturated carbocycles. The molecule has 0 saturated heterocycles. The molecule has 1 amide bonds. The van der Waals surface area contributed by atoms with E-state index in [0.717, 1.165) is 11.1 Å². The minimum absolute atomic E-state index is 0.158. The molecule has 0 fully saturated rings. The molecule has 3 aromatic carbocycles. The Bertz CT molecular complexity index is 1210. The normalized spacial score (nSPS) is 12.1. The molecule has 172 valence electrons. The largest absolute Gasteiger partial charge is 0.465 e. The van der Waals surface area contributed by atoms with E-state index in [4.69, 9.17) is 4.74 Å². The zero-order valence-corrected chi connectivity index (χ0v) is 19.3. The van der Waals surface area contributed by atoms with Crippen LogP contribution in [0.15, 0.2) is 83.8 Å². The van der Waals surface area contributed by atoms with Crippen LogP contribution in [0.2, 0.25) is 0 Å². The number of hydrogen-bond acceptors (Lipinski definition) is 5. The molecule has 1 atom stereocenters. The maximum Gasteiger partial charge on any atom is 0.339 e. The van der Waals surface area contributed by atoms with E-state index in [9.17, 15) is 18.0 Å². The number of para-hydroxylation sites is 1. The molecule has 0 spiro atoms. The first kappa shape index (κ1) is 24.2. The van der Waals surface area contributed by atoms with Crippen LogP contribution in [0.5, 0.6) is 0 Å². The van der Waals surface area contributed by atoms with Gasteiger partial charge in [-0.3, -0.25) is 4.79 Å². The van der Waals surface area contributed by atoms with Crippen molar-refractivity contribution in [3.05, 3.63) is 95.6 Å². The molecule has 7 nitrogen and oxygen atoms in total. The zero-order valence-electron chi connectivity index (χ0n) is 18.4. The number of methoxy groups -OCH3 is 1. The SMILES string of the molecule is COC(=O)c1ccccc1NC(=O)CCc1ccc(S(=O)(=O)N[C@H](C)c2ccccc2)cc1. The van der Waals surface area contributed by atoms with Crippen LogP contribution in [0.1, 0.15) is 40.9 Å². The Kier molecular flexibility index (Phi) is 7.97. The summed E-state index contributed by atoms with van der Waals surface area (Å²) in [6, 6.07) is 22.0. The lowest BCUT2D eigenvalue weighted by molar-refractivity contribution is -0.116. The van der Waals surface area contributed by atoms with Gasteiger partial charge in [0.25, 0.3) is 0 Å². The van der Waals surface area contributed by atoms with Crippen LogP contribution in [-0.2, 0) is 26.0 Å². The highest BCUT2D eigenvalue weighted by molar-refractivity contribution is 7.89. The van der Waals surface area contributed by atoms with E-state index in [1.54, 1.807) is 43.3 Å². The van der Waals surface area contributed by atoms with Crippen molar-refractivity contribution >= 4 is 27.6 Å². The Balaban J connectivity index is 1.58. The van der Waals surface area contributed by atoms with Crippen molar-refractivity contribution in [2.45, 2.75) is 30.7 Å². The van der Waals surface area contributed by atoms with Crippen LogP contribution in [0.4, 0.5) is 5.69 Å². The Labute approximate surface area is 193 Å². The number of ether oxygens (including phenoxy) is 1.